The predicted molar refractivity (Wildman–Crippen MR) is 102 cm³/mol. The number of rotatable bonds is 4. The molecule has 0 bridgehead atoms. The number of para-hydroxylation sites is 1. The minimum atomic E-state index is -0.394. The zero-order chi connectivity index (χ0) is 17.1. The van der Waals surface area contributed by atoms with Gasteiger partial charge in [0.2, 0.25) is 0 Å². The summed E-state index contributed by atoms with van der Waals surface area (Å²) in [6.45, 7) is 0.384. The molecule has 0 spiro atoms. The summed E-state index contributed by atoms with van der Waals surface area (Å²) in [6.07, 6.45) is 0. The lowest BCUT2D eigenvalue weighted by atomic mass is 10.2. The molecule has 0 atom stereocenters. The van der Waals surface area contributed by atoms with E-state index >= 15 is 0 Å². The first-order valence-electron chi connectivity index (χ1n) is 7.04. The van der Waals surface area contributed by atoms with Gasteiger partial charge in [-0.05, 0) is 52.4 Å². The van der Waals surface area contributed by atoms with Crippen molar-refractivity contribution in [1.29, 1.82) is 0 Å². The Balaban J connectivity index is 1.79. The number of benzene rings is 2. The van der Waals surface area contributed by atoms with Crippen molar-refractivity contribution in [2.24, 2.45) is 0 Å². The van der Waals surface area contributed by atoms with E-state index in [0.29, 0.717) is 17.3 Å². The van der Waals surface area contributed by atoms with Gasteiger partial charge in [-0.2, -0.15) is 0 Å². The minimum Gasteiger partial charge on any atom is -0.382 e. The van der Waals surface area contributed by atoms with Gasteiger partial charge in [0.05, 0.1) is 12.2 Å². The average molecular weight is 454 g/mol. The molecule has 0 saturated carbocycles. The molecule has 0 saturated heterocycles. The van der Waals surface area contributed by atoms with E-state index < -0.39 is 5.91 Å². The van der Waals surface area contributed by atoms with Crippen LogP contribution in [0.5, 0.6) is 0 Å². The second-order valence-corrected chi connectivity index (χ2v) is 6.64. The highest BCUT2D eigenvalue weighted by Crippen LogP contribution is 2.19. The number of aromatic nitrogens is 3. The molecular weight excluding hydrogens is 441 g/mol. The Hall–Kier alpha value is -2.13. The number of amides is 1. The van der Waals surface area contributed by atoms with Crippen LogP contribution < -0.4 is 11.1 Å². The summed E-state index contributed by atoms with van der Waals surface area (Å²) in [4.78, 5) is 12.4. The first-order chi connectivity index (χ1) is 11.5. The van der Waals surface area contributed by atoms with Crippen LogP contribution in [0.2, 0.25) is 5.02 Å². The molecule has 6 nitrogen and oxygen atoms in total. The number of nitrogen functional groups attached to an aromatic ring is 1. The molecule has 1 aromatic heterocycles. The largest absolute Gasteiger partial charge is 0.382 e. The molecule has 0 fully saturated rings. The highest BCUT2D eigenvalue weighted by atomic mass is 127. The molecule has 0 radical (unpaired) electrons. The van der Waals surface area contributed by atoms with Crippen LogP contribution in [0.4, 0.5) is 11.5 Å². The minimum absolute atomic E-state index is 0.0941. The van der Waals surface area contributed by atoms with Crippen LogP contribution in [0.3, 0.4) is 0 Å². The summed E-state index contributed by atoms with van der Waals surface area (Å²) in [5.74, 6) is -0.188. The first-order valence-corrected chi connectivity index (χ1v) is 8.49. The predicted octanol–water partition coefficient (Wildman–Crippen LogP) is 3.42. The van der Waals surface area contributed by atoms with Gasteiger partial charge in [-0.15, -0.1) is 5.10 Å². The molecule has 3 N–H and O–H groups in total. The Kier molecular flexibility index (Phi) is 5.00. The Morgan fingerprint density at radius 1 is 1.25 bits per heavy atom. The monoisotopic (exact) mass is 453 g/mol. The molecule has 1 heterocycles. The number of nitrogens with one attached hydrogen (secondary N) is 1. The smallest absolute Gasteiger partial charge is 0.280 e. The molecule has 2 aromatic carbocycles. The van der Waals surface area contributed by atoms with E-state index in [1.807, 2.05) is 42.5 Å². The third-order valence-corrected chi connectivity index (χ3v) is 4.51. The summed E-state index contributed by atoms with van der Waals surface area (Å²) in [6, 6.07) is 14.8. The van der Waals surface area contributed by atoms with Gasteiger partial charge in [-0.1, -0.05) is 41.1 Å². The quantitative estimate of drug-likeness (QED) is 0.593. The average Bonchev–Trinajstić information content (AvgIpc) is 2.91. The number of halogens is 2. The fraction of sp³-hybridized carbons (Fsp3) is 0.0625. The van der Waals surface area contributed by atoms with Crippen molar-refractivity contribution in [1.82, 2.24) is 15.0 Å². The lowest BCUT2D eigenvalue weighted by Gasteiger charge is -2.06. The van der Waals surface area contributed by atoms with Crippen LogP contribution in [0.15, 0.2) is 48.5 Å². The van der Waals surface area contributed by atoms with Crippen molar-refractivity contribution < 1.29 is 4.79 Å². The van der Waals surface area contributed by atoms with Crippen molar-refractivity contribution in [2.75, 3.05) is 11.1 Å². The second kappa shape index (κ2) is 7.18. The first kappa shape index (κ1) is 16.7. The molecule has 122 valence electrons. The van der Waals surface area contributed by atoms with E-state index in [0.717, 1.165) is 9.13 Å². The number of hydrogen-bond acceptors (Lipinski definition) is 4. The van der Waals surface area contributed by atoms with Crippen molar-refractivity contribution in [2.45, 2.75) is 6.54 Å². The van der Waals surface area contributed by atoms with Gasteiger partial charge < -0.3 is 11.1 Å². The number of carbonyl (C=O) groups is 1. The normalized spacial score (nSPS) is 10.6. The van der Waals surface area contributed by atoms with Crippen LogP contribution >= 0.6 is 34.2 Å². The SMILES string of the molecule is Nc1c(C(=O)Nc2ccccc2I)nnn1Cc1cccc(Cl)c1. The van der Waals surface area contributed by atoms with E-state index in [2.05, 4.69) is 38.2 Å². The second-order valence-electron chi connectivity index (χ2n) is 5.04. The van der Waals surface area contributed by atoms with Crippen LogP contribution in [-0.4, -0.2) is 20.9 Å². The zero-order valence-corrected chi connectivity index (χ0v) is 15.3. The third-order valence-electron chi connectivity index (χ3n) is 3.33. The third kappa shape index (κ3) is 3.68. The maximum atomic E-state index is 12.4. The Morgan fingerprint density at radius 3 is 2.79 bits per heavy atom. The van der Waals surface area contributed by atoms with Crippen LogP contribution in [0.25, 0.3) is 0 Å². The van der Waals surface area contributed by atoms with Gasteiger partial charge in [0.1, 0.15) is 0 Å². The van der Waals surface area contributed by atoms with E-state index in [9.17, 15) is 4.79 Å². The topological polar surface area (TPSA) is 85.8 Å². The van der Waals surface area contributed by atoms with Crippen molar-refractivity contribution in [3.05, 3.63) is 68.4 Å². The molecule has 1 amide bonds. The van der Waals surface area contributed by atoms with Gasteiger partial charge in [-0.25, -0.2) is 4.68 Å². The van der Waals surface area contributed by atoms with E-state index in [-0.39, 0.29) is 11.5 Å². The van der Waals surface area contributed by atoms with Gasteiger partial charge in [0.25, 0.3) is 5.91 Å². The number of nitrogens with zero attached hydrogens (tertiary/aromatic N) is 3. The van der Waals surface area contributed by atoms with Crippen molar-refractivity contribution in [3.8, 4) is 0 Å². The molecule has 8 heteroatoms. The summed E-state index contributed by atoms with van der Waals surface area (Å²) in [5.41, 5.74) is 7.74. The fourth-order valence-corrected chi connectivity index (χ4v) is 2.89. The highest BCUT2D eigenvalue weighted by molar-refractivity contribution is 14.1. The fourth-order valence-electron chi connectivity index (χ4n) is 2.15. The lowest BCUT2D eigenvalue weighted by Crippen LogP contribution is -2.16. The molecule has 0 unspecified atom stereocenters. The number of carbonyl (C=O) groups excluding carboxylic acids is 1. The number of anilines is 2. The molecular formula is C16H13ClIN5O. The van der Waals surface area contributed by atoms with Crippen LogP contribution in [-0.2, 0) is 6.54 Å². The highest BCUT2D eigenvalue weighted by Gasteiger charge is 2.18. The molecule has 3 aromatic rings. The maximum absolute atomic E-state index is 12.4. The van der Waals surface area contributed by atoms with E-state index in [1.54, 1.807) is 6.07 Å². The Labute approximate surface area is 157 Å². The molecule has 0 aliphatic heterocycles. The molecule has 0 aliphatic rings. The van der Waals surface area contributed by atoms with Gasteiger partial charge >= 0.3 is 0 Å². The standard InChI is InChI=1S/C16H13ClIN5O/c17-11-5-3-4-10(8-11)9-23-15(19)14(21-22-23)16(24)20-13-7-2-1-6-12(13)18/h1-8H,9,19H2,(H,20,24). The summed E-state index contributed by atoms with van der Waals surface area (Å²) < 4.78 is 2.39. The zero-order valence-electron chi connectivity index (χ0n) is 12.4. The van der Waals surface area contributed by atoms with E-state index in [4.69, 9.17) is 17.3 Å². The van der Waals surface area contributed by atoms with Crippen molar-refractivity contribution in [3.63, 3.8) is 0 Å². The summed E-state index contributed by atoms with van der Waals surface area (Å²) >= 11 is 8.12. The Bertz CT molecular complexity index is 896. The summed E-state index contributed by atoms with van der Waals surface area (Å²) in [7, 11) is 0. The van der Waals surface area contributed by atoms with Gasteiger partial charge in [0.15, 0.2) is 11.5 Å². The molecule has 3 rings (SSSR count). The van der Waals surface area contributed by atoms with Crippen molar-refractivity contribution >= 4 is 51.6 Å². The number of hydrogen-bond donors (Lipinski definition) is 2. The molecule has 0 aliphatic carbocycles. The lowest BCUT2D eigenvalue weighted by molar-refractivity contribution is 0.102. The number of nitrogens with two attached hydrogens (primary N) is 1. The van der Waals surface area contributed by atoms with Crippen LogP contribution in [0, 0.1) is 3.57 Å². The maximum Gasteiger partial charge on any atom is 0.280 e. The summed E-state index contributed by atoms with van der Waals surface area (Å²) in [5, 5.41) is 11.3. The van der Waals surface area contributed by atoms with Gasteiger partial charge in [-0.3, -0.25) is 4.79 Å². The van der Waals surface area contributed by atoms with Gasteiger partial charge in [0, 0.05) is 8.59 Å². The Morgan fingerprint density at radius 2 is 2.04 bits per heavy atom. The van der Waals surface area contributed by atoms with Crippen LogP contribution in [0.1, 0.15) is 16.1 Å². The van der Waals surface area contributed by atoms with E-state index in [1.165, 1.54) is 4.68 Å². The molecule has 24 heavy (non-hydrogen) atoms.